The van der Waals surface area contributed by atoms with Crippen molar-refractivity contribution >= 4 is 28.3 Å². The van der Waals surface area contributed by atoms with Crippen LogP contribution < -0.4 is 10.2 Å². The Labute approximate surface area is 158 Å². The highest BCUT2D eigenvalue weighted by atomic mass is 32.1. The number of rotatable bonds is 5. The van der Waals surface area contributed by atoms with E-state index in [1.807, 2.05) is 19.9 Å². The third-order valence-corrected chi connectivity index (χ3v) is 5.26. The summed E-state index contributed by atoms with van der Waals surface area (Å²) in [6.07, 6.45) is 2.47. The number of nitrogens with zero attached hydrogens (tertiary/aromatic N) is 5. The van der Waals surface area contributed by atoms with Crippen molar-refractivity contribution in [1.82, 2.24) is 20.2 Å². The van der Waals surface area contributed by atoms with E-state index in [9.17, 15) is 4.79 Å². The van der Waals surface area contributed by atoms with E-state index in [1.165, 1.54) is 11.3 Å². The fraction of sp³-hybridized carbons (Fsp3) is 0.611. The number of piperidine rings is 1. The van der Waals surface area contributed by atoms with Gasteiger partial charge in [0, 0.05) is 36.8 Å². The number of amides is 1. The van der Waals surface area contributed by atoms with Gasteiger partial charge in [0.1, 0.15) is 5.01 Å². The lowest BCUT2D eigenvalue weighted by atomic mass is 9.96. The van der Waals surface area contributed by atoms with Crippen LogP contribution in [0.3, 0.4) is 0 Å². The topological polar surface area (TPSA) is 83.9 Å². The molecule has 1 aliphatic rings. The second kappa shape index (κ2) is 8.07. The zero-order valence-electron chi connectivity index (χ0n) is 15.8. The Morgan fingerprint density at radius 1 is 1.23 bits per heavy atom. The van der Waals surface area contributed by atoms with E-state index in [1.54, 1.807) is 0 Å². The quantitative estimate of drug-likeness (QED) is 0.866. The van der Waals surface area contributed by atoms with E-state index in [0.29, 0.717) is 11.0 Å². The molecule has 1 N–H and O–H groups in total. The molecule has 3 heterocycles. The van der Waals surface area contributed by atoms with Crippen molar-refractivity contribution in [3.8, 4) is 0 Å². The van der Waals surface area contributed by atoms with Crippen LogP contribution in [0, 0.1) is 25.7 Å². The molecule has 2 aromatic heterocycles. The Bertz CT molecular complexity index is 747. The van der Waals surface area contributed by atoms with Gasteiger partial charge in [-0.05, 0) is 38.7 Å². The average molecular weight is 375 g/mol. The van der Waals surface area contributed by atoms with Crippen molar-refractivity contribution < 1.29 is 4.79 Å². The SMILES string of the molecule is Cc1cc(C)nc(N2CCC(C(=O)Nc3nnc(CC(C)C)s3)CC2)n1. The fourth-order valence-electron chi connectivity index (χ4n) is 3.13. The number of nitrogens with one attached hydrogen (secondary N) is 1. The maximum Gasteiger partial charge on any atom is 0.229 e. The smallest absolute Gasteiger partial charge is 0.229 e. The van der Waals surface area contributed by atoms with Gasteiger partial charge in [0.05, 0.1) is 0 Å². The first kappa shape index (κ1) is 18.7. The number of aromatic nitrogens is 4. The molecule has 0 aliphatic carbocycles. The van der Waals surface area contributed by atoms with Crippen molar-refractivity contribution in [1.29, 1.82) is 0 Å². The summed E-state index contributed by atoms with van der Waals surface area (Å²) in [7, 11) is 0. The number of anilines is 2. The lowest BCUT2D eigenvalue weighted by molar-refractivity contribution is -0.120. The summed E-state index contributed by atoms with van der Waals surface area (Å²) < 4.78 is 0. The van der Waals surface area contributed by atoms with Gasteiger partial charge in [-0.2, -0.15) is 0 Å². The standard InChI is InChI=1S/C18H26N6OS/c1-11(2)9-15-22-23-18(26-15)21-16(25)14-5-7-24(8-6-14)17-19-12(3)10-13(4)20-17/h10-11,14H,5-9H2,1-4H3,(H,21,23,25). The summed E-state index contributed by atoms with van der Waals surface area (Å²) in [6.45, 7) is 9.83. The van der Waals surface area contributed by atoms with Crippen LogP contribution in [0.2, 0.25) is 0 Å². The van der Waals surface area contributed by atoms with E-state index in [0.717, 1.165) is 54.7 Å². The zero-order valence-corrected chi connectivity index (χ0v) is 16.6. The van der Waals surface area contributed by atoms with Gasteiger partial charge in [0.15, 0.2) is 0 Å². The van der Waals surface area contributed by atoms with E-state index in [4.69, 9.17) is 0 Å². The third-order valence-electron chi connectivity index (χ3n) is 4.40. The van der Waals surface area contributed by atoms with E-state index in [2.05, 4.69) is 44.2 Å². The van der Waals surface area contributed by atoms with Crippen LogP contribution in [0.25, 0.3) is 0 Å². The Kier molecular flexibility index (Phi) is 5.80. The summed E-state index contributed by atoms with van der Waals surface area (Å²) in [5, 5.41) is 12.8. The van der Waals surface area contributed by atoms with Gasteiger partial charge in [-0.25, -0.2) is 9.97 Å². The maximum atomic E-state index is 12.5. The van der Waals surface area contributed by atoms with Gasteiger partial charge >= 0.3 is 0 Å². The van der Waals surface area contributed by atoms with Crippen molar-refractivity contribution in [3.05, 3.63) is 22.5 Å². The van der Waals surface area contributed by atoms with Gasteiger partial charge in [0.2, 0.25) is 17.0 Å². The molecule has 0 unspecified atom stereocenters. The summed E-state index contributed by atoms with van der Waals surface area (Å²) in [4.78, 5) is 23.7. The van der Waals surface area contributed by atoms with Crippen LogP contribution in [0.4, 0.5) is 11.1 Å². The summed E-state index contributed by atoms with van der Waals surface area (Å²) >= 11 is 1.47. The van der Waals surface area contributed by atoms with Crippen LogP contribution in [0.5, 0.6) is 0 Å². The number of aryl methyl sites for hydroxylation is 2. The largest absolute Gasteiger partial charge is 0.341 e. The molecule has 26 heavy (non-hydrogen) atoms. The Morgan fingerprint density at radius 2 is 1.88 bits per heavy atom. The average Bonchev–Trinajstić information content (AvgIpc) is 3.00. The normalized spacial score (nSPS) is 15.5. The molecule has 0 aromatic carbocycles. The minimum absolute atomic E-state index is 0.00500. The highest BCUT2D eigenvalue weighted by Gasteiger charge is 2.27. The number of carbonyl (C=O) groups is 1. The van der Waals surface area contributed by atoms with Crippen LogP contribution in [-0.4, -0.2) is 39.2 Å². The third kappa shape index (κ3) is 4.75. The lowest BCUT2D eigenvalue weighted by Crippen LogP contribution is -2.39. The predicted molar refractivity (Wildman–Crippen MR) is 104 cm³/mol. The molecule has 1 aliphatic heterocycles. The molecule has 1 fully saturated rings. The molecular formula is C18H26N6OS. The van der Waals surface area contributed by atoms with Gasteiger partial charge in [-0.3, -0.25) is 4.79 Å². The predicted octanol–water partition coefficient (Wildman–Crippen LogP) is 3.00. The van der Waals surface area contributed by atoms with Crippen molar-refractivity contribution in [2.24, 2.45) is 11.8 Å². The number of carbonyl (C=O) groups excluding carboxylic acids is 1. The van der Waals surface area contributed by atoms with E-state index >= 15 is 0 Å². The molecule has 0 atom stereocenters. The van der Waals surface area contributed by atoms with Gasteiger partial charge in [0.25, 0.3) is 0 Å². The van der Waals surface area contributed by atoms with E-state index < -0.39 is 0 Å². The first-order valence-electron chi connectivity index (χ1n) is 9.11. The number of hydrogen-bond acceptors (Lipinski definition) is 7. The summed E-state index contributed by atoms with van der Waals surface area (Å²) in [5.74, 6) is 1.33. The van der Waals surface area contributed by atoms with E-state index in [-0.39, 0.29) is 11.8 Å². The molecule has 7 nitrogen and oxygen atoms in total. The maximum absolute atomic E-state index is 12.5. The second-order valence-corrected chi connectivity index (χ2v) is 8.36. The summed E-state index contributed by atoms with van der Waals surface area (Å²) in [6, 6.07) is 1.97. The number of hydrogen-bond donors (Lipinski definition) is 1. The van der Waals surface area contributed by atoms with Crippen LogP contribution in [0.1, 0.15) is 43.1 Å². The molecular weight excluding hydrogens is 348 g/mol. The van der Waals surface area contributed by atoms with Crippen molar-refractivity contribution in [2.45, 2.75) is 47.0 Å². The molecule has 0 saturated carbocycles. The summed E-state index contributed by atoms with van der Waals surface area (Å²) in [5.41, 5.74) is 1.95. The van der Waals surface area contributed by atoms with Gasteiger partial charge in [-0.1, -0.05) is 25.2 Å². The first-order chi connectivity index (χ1) is 12.4. The Morgan fingerprint density at radius 3 is 2.50 bits per heavy atom. The fourth-order valence-corrected chi connectivity index (χ4v) is 4.09. The highest BCUT2D eigenvalue weighted by molar-refractivity contribution is 7.15. The Balaban J connectivity index is 1.54. The zero-order chi connectivity index (χ0) is 18.7. The second-order valence-electron chi connectivity index (χ2n) is 7.30. The molecule has 1 saturated heterocycles. The van der Waals surface area contributed by atoms with Crippen LogP contribution >= 0.6 is 11.3 Å². The highest BCUT2D eigenvalue weighted by Crippen LogP contribution is 2.24. The lowest BCUT2D eigenvalue weighted by Gasteiger charge is -2.31. The molecule has 2 aromatic rings. The molecule has 1 amide bonds. The minimum Gasteiger partial charge on any atom is -0.341 e. The molecule has 8 heteroatoms. The van der Waals surface area contributed by atoms with Crippen LogP contribution in [0.15, 0.2) is 6.07 Å². The molecule has 0 radical (unpaired) electrons. The Hall–Kier alpha value is -2.09. The van der Waals surface area contributed by atoms with Crippen molar-refractivity contribution in [3.63, 3.8) is 0 Å². The first-order valence-corrected chi connectivity index (χ1v) is 9.93. The van der Waals surface area contributed by atoms with Crippen molar-refractivity contribution in [2.75, 3.05) is 23.3 Å². The molecule has 3 rings (SSSR count). The molecule has 0 bridgehead atoms. The van der Waals surface area contributed by atoms with Gasteiger partial charge < -0.3 is 10.2 Å². The van der Waals surface area contributed by atoms with Gasteiger partial charge in [-0.15, -0.1) is 10.2 Å². The van der Waals surface area contributed by atoms with Crippen LogP contribution in [-0.2, 0) is 11.2 Å². The minimum atomic E-state index is -0.00500. The molecule has 0 spiro atoms. The monoisotopic (exact) mass is 374 g/mol. The molecule has 140 valence electrons.